The van der Waals surface area contributed by atoms with Gasteiger partial charge in [0.2, 0.25) is 0 Å². The SMILES string of the molecule is [C-]#[N+]c1ccc2c(c1)c1cc(-c3ccc4oc5ccccc5c4c3)ccc1n2-c1ccc2oc3c(-n4c5ccccc5c5ccccc54)cccc3c2c1. The van der Waals surface area contributed by atoms with Gasteiger partial charge in [0.15, 0.2) is 11.3 Å². The second-order valence-electron chi connectivity index (χ2n) is 14.0. The second-order valence-corrected chi connectivity index (χ2v) is 14.0. The predicted molar refractivity (Wildman–Crippen MR) is 221 cm³/mol. The van der Waals surface area contributed by atoms with E-state index in [1.165, 1.54) is 10.8 Å². The van der Waals surface area contributed by atoms with Crippen LogP contribution in [0.25, 0.3) is 115 Å². The molecule has 0 saturated heterocycles. The van der Waals surface area contributed by atoms with E-state index in [0.29, 0.717) is 5.69 Å². The van der Waals surface area contributed by atoms with E-state index in [9.17, 15) is 0 Å². The number of nitrogens with zero attached hydrogens (tertiary/aromatic N) is 3. The number of para-hydroxylation sites is 4. The molecule has 0 aliphatic heterocycles. The van der Waals surface area contributed by atoms with Crippen LogP contribution in [0.3, 0.4) is 0 Å². The minimum atomic E-state index is 0.618. The van der Waals surface area contributed by atoms with E-state index in [0.717, 1.165) is 99.2 Å². The van der Waals surface area contributed by atoms with Gasteiger partial charge in [-0.1, -0.05) is 84.9 Å². The Labute approximate surface area is 307 Å². The van der Waals surface area contributed by atoms with Crippen molar-refractivity contribution in [2.45, 2.75) is 0 Å². The van der Waals surface area contributed by atoms with E-state index in [1.807, 2.05) is 30.3 Å². The van der Waals surface area contributed by atoms with Gasteiger partial charge in [0.25, 0.3) is 0 Å². The highest BCUT2D eigenvalue weighted by atomic mass is 16.3. The lowest BCUT2D eigenvalue weighted by molar-refractivity contribution is 0.666. The second kappa shape index (κ2) is 10.7. The van der Waals surface area contributed by atoms with Gasteiger partial charge in [-0.05, 0) is 95.4 Å². The molecule has 0 saturated carbocycles. The van der Waals surface area contributed by atoms with Crippen LogP contribution in [0, 0.1) is 6.57 Å². The summed E-state index contributed by atoms with van der Waals surface area (Å²) in [5, 5.41) is 8.89. The highest BCUT2D eigenvalue weighted by molar-refractivity contribution is 6.15. The molecule has 4 aromatic heterocycles. The Morgan fingerprint density at radius 3 is 1.76 bits per heavy atom. The normalized spacial score (nSPS) is 12.1. The van der Waals surface area contributed by atoms with Gasteiger partial charge < -0.3 is 18.0 Å². The van der Waals surface area contributed by atoms with Crippen LogP contribution in [-0.2, 0) is 0 Å². The quantitative estimate of drug-likeness (QED) is 0.173. The minimum absolute atomic E-state index is 0.618. The van der Waals surface area contributed by atoms with Crippen molar-refractivity contribution in [3.05, 3.63) is 175 Å². The van der Waals surface area contributed by atoms with Crippen LogP contribution in [0.1, 0.15) is 0 Å². The number of fused-ring (bicyclic) bond motifs is 12. The molecular weight excluding hydrogens is 663 g/mol. The minimum Gasteiger partial charge on any atom is -0.456 e. The van der Waals surface area contributed by atoms with E-state index in [4.69, 9.17) is 15.4 Å². The molecule has 54 heavy (non-hydrogen) atoms. The molecular formula is C49H27N3O2. The first kappa shape index (κ1) is 29.1. The molecule has 0 bridgehead atoms. The van der Waals surface area contributed by atoms with E-state index < -0.39 is 0 Å². The first-order valence-electron chi connectivity index (χ1n) is 18.0. The van der Waals surface area contributed by atoms with Gasteiger partial charge in [-0.25, -0.2) is 4.85 Å². The lowest BCUT2D eigenvalue weighted by atomic mass is 10.0. The number of hydrogen-bond acceptors (Lipinski definition) is 2. The third-order valence-corrected chi connectivity index (χ3v) is 11.1. The highest BCUT2D eigenvalue weighted by Gasteiger charge is 2.20. The lowest BCUT2D eigenvalue weighted by Gasteiger charge is -2.09. The van der Waals surface area contributed by atoms with Crippen molar-refractivity contribution in [1.82, 2.24) is 9.13 Å². The summed E-state index contributed by atoms with van der Waals surface area (Å²) in [6.07, 6.45) is 0. The van der Waals surface area contributed by atoms with Crippen LogP contribution < -0.4 is 0 Å². The van der Waals surface area contributed by atoms with Gasteiger partial charge in [0.1, 0.15) is 16.7 Å². The van der Waals surface area contributed by atoms with Crippen LogP contribution >= 0.6 is 0 Å². The van der Waals surface area contributed by atoms with Crippen molar-refractivity contribution in [3.63, 3.8) is 0 Å². The molecule has 0 unspecified atom stereocenters. The molecule has 0 N–H and O–H groups in total. The molecule has 4 heterocycles. The zero-order valence-corrected chi connectivity index (χ0v) is 28.7. The van der Waals surface area contributed by atoms with Crippen LogP contribution in [0.15, 0.2) is 173 Å². The third kappa shape index (κ3) is 3.97. The molecule has 0 aliphatic rings. The zero-order chi connectivity index (χ0) is 35.5. The summed E-state index contributed by atoms with van der Waals surface area (Å²) < 4.78 is 17.5. The molecule has 5 nitrogen and oxygen atoms in total. The Kier molecular flexibility index (Phi) is 5.78. The number of furan rings is 2. The van der Waals surface area contributed by atoms with E-state index >= 15 is 0 Å². The van der Waals surface area contributed by atoms with Gasteiger partial charge in [-0.2, -0.15) is 0 Å². The maximum Gasteiger partial charge on any atom is 0.188 e. The number of aromatic nitrogens is 2. The summed E-state index contributed by atoms with van der Waals surface area (Å²) >= 11 is 0. The summed E-state index contributed by atoms with van der Waals surface area (Å²) in [7, 11) is 0. The Morgan fingerprint density at radius 1 is 0.389 bits per heavy atom. The molecule has 5 heteroatoms. The van der Waals surface area contributed by atoms with Crippen LogP contribution in [-0.4, -0.2) is 9.13 Å². The van der Waals surface area contributed by atoms with E-state index in [2.05, 4.69) is 147 Å². The van der Waals surface area contributed by atoms with Crippen LogP contribution in [0.5, 0.6) is 0 Å². The maximum atomic E-state index is 7.81. The summed E-state index contributed by atoms with van der Waals surface area (Å²) in [6, 6.07) is 57.3. The first-order valence-corrected chi connectivity index (χ1v) is 18.0. The molecule has 0 spiro atoms. The van der Waals surface area contributed by atoms with Crippen molar-refractivity contribution >= 4 is 93.2 Å². The van der Waals surface area contributed by atoms with Gasteiger partial charge in [-0.15, -0.1) is 0 Å². The molecule has 12 aromatic rings. The molecule has 250 valence electrons. The van der Waals surface area contributed by atoms with Crippen molar-refractivity contribution < 1.29 is 8.83 Å². The molecule has 0 atom stereocenters. The Balaban J connectivity index is 1.06. The standard InChI is InChI=1S/C49H27N3O2/c1-50-31-19-22-44-38(27-31)37-25-29(30-18-23-47-39(26-30)35-11-4-7-16-46(35)53-47)17-21-43(37)51(44)32-20-24-48-40(28-32)36-12-8-15-45(49(36)54-48)52-41-13-5-2-9-33(41)34-10-3-6-14-42(34)52/h2-28H. The summed E-state index contributed by atoms with van der Waals surface area (Å²) in [4.78, 5) is 3.80. The molecule has 0 amide bonds. The van der Waals surface area contributed by atoms with Crippen LogP contribution in [0.2, 0.25) is 0 Å². The smallest absolute Gasteiger partial charge is 0.188 e. The lowest BCUT2D eigenvalue weighted by Crippen LogP contribution is -1.94. The van der Waals surface area contributed by atoms with Gasteiger partial charge in [0.05, 0.1) is 34.3 Å². The fraction of sp³-hybridized carbons (Fsp3) is 0. The zero-order valence-electron chi connectivity index (χ0n) is 28.7. The fourth-order valence-corrected chi connectivity index (χ4v) is 8.71. The van der Waals surface area contributed by atoms with Gasteiger partial charge >= 0.3 is 0 Å². The maximum absolute atomic E-state index is 7.81. The number of rotatable bonds is 3. The van der Waals surface area contributed by atoms with Crippen LogP contribution in [0.4, 0.5) is 5.69 Å². The van der Waals surface area contributed by atoms with Gasteiger partial charge in [-0.3, -0.25) is 0 Å². The van der Waals surface area contributed by atoms with E-state index in [-0.39, 0.29) is 0 Å². The largest absolute Gasteiger partial charge is 0.456 e. The van der Waals surface area contributed by atoms with Crippen molar-refractivity contribution in [2.75, 3.05) is 0 Å². The molecule has 8 aromatic carbocycles. The van der Waals surface area contributed by atoms with Gasteiger partial charge in [0, 0.05) is 43.4 Å². The Morgan fingerprint density at radius 2 is 0.963 bits per heavy atom. The van der Waals surface area contributed by atoms with E-state index in [1.54, 1.807) is 0 Å². The monoisotopic (exact) mass is 689 g/mol. The van der Waals surface area contributed by atoms with Crippen molar-refractivity contribution in [2.24, 2.45) is 0 Å². The first-order chi connectivity index (χ1) is 26.7. The molecule has 0 radical (unpaired) electrons. The fourth-order valence-electron chi connectivity index (χ4n) is 8.71. The van der Waals surface area contributed by atoms with Crippen molar-refractivity contribution in [1.29, 1.82) is 0 Å². The average Bonchev–Trinajstić information content (AvgIpc) is 3.97. The Hall–Kier alpha value is -7.55. The highest BCUT2D eigenvalue weighted by Crippen LogP contribution is 2.41. The predicted octanol–water partition coefficient (Wildman–Crippen LogP) is 13.9. The Bertz CT molecular complexity index is 3530. The molecule has 0 fully saturated rings. The summed E-state index contributed by atoms with van der Waals surface area (Å²) in [6.45, 7) is 7.81. The summed E-state index contributed by atoms with van der Waals surface area (Å²) in [5.41, 5.74) is 12.8. The topological polar surface area (TPSA) is 40.5 Å². The number of hydrogen-bond donors (Lipinski definition) is 0. The average molecular weight is 690 g/mol. The third-order valence-electron chi connectivity index (χ3n) is 11.1. The summed E-state index contributed by atoms with van der Waals surface area (Å²) in [5.74, 6) is 0. The van der Waals surface area contributed by atoms with Crippen molar-refractivity contribution in [3.8, 4) is 22.5 Å². The molecule has 12 rings (SSSR count). The molecule has 0 aliphatic carbocycles. The number of benzene rings is 8.